The third-order valence-electron chi connectivity index (χ3n) is 2.08. The van der Waals surface area contributed by atoms with Gasteiger partial charge >= 0.3 is 0 Å². The molecule has 0 saturated heterocycles. The lowest BCUT2D eigenvalue weighted by atomic mass is 10.2. The van der Waals surface area contributed by atoms with Gasteiger partial charge in [0.1, 0.15) is 5.01 Å². The van der Waals surface area contributed by atoms with Crippen molar-refractivity contribution in [3.63, 3.8) is 0 Å². The molecule has 0 saturated carbocycles. The summed E-state index contributed by atoms with van der Waals surface area (Å²) in [5.74, 6) is -0.310. The summed E-state index contributed by atoms with van der Waals surface area (Å²) < 4.78 is 0. The van der Waals surface area contributed by atoms with Crippen LogP contribution in [-0.2, 0) is 0 Å². The topological polar surface area (TPSA) is 66.9 Å². The SMILES string of the molecule is Cc1nnc(NC(=S)NC(=O)c2ccc(Cl)cc2)s1. The molecule has 19 heavy (non-hydrogen) atoms. The number of halogens is 1. The Balaban J connectivity index is 1.95. The summed E-state index contributed by atoms with van der Waals surface area (Å²) >= 11 is 12.1. The van der Waals surface area contributed by atoms with Crippen molar-refractivity contribution in [1.29, 1.82) is 0 Å². The fourth-order valence-electron chi connectivity index (χ4n) is 1.25. The minimum Gasteiger partial charge on any atom is -0.307 e. The van der Waals surface area contributed by atoms with E-state index in [0.29, 0.717) is 15.7 Å². The lowest BCUT2D eigenvalue weighted by Gasteiger charge is -2.06. The number of aromatic nitrogens is 2. The number of thiocarbonyl (C=S) groups is 1. The maximum atomic E-state index is 11.8. The minimum atomic E-state index is -0.310. The number of nitrogens with one attached hydrogen (secondary N) is 2. The second kappa shape index (κ2) is 6.05. The van der Waals surface area contributed by atoms with Crippen LogP contribution in [0.5, 0.6) is 0 Å². The van der Waals surface area contributed by atoms with Crippen molar-refractivity contribution in [2.75, 3.05) is 5.32 Å². The lowest BCUT2D eigenvalue weighted by molar-refractivity contribution is 0.0978. The van der Waals surface area contributed by atoms with Crippen LogP contribution in [0.15, 0.2) is 24.3 Å². The average Bonchev–Trinajstić information content (AvgIpc) is 2.75. The maximum Gasteiger partial charge on any atom is 0.257 e. The molecule has 1 aromatic carbocycles. The molecule has 0 bridgehead atoms. The molecule has 98 valence electrons. The van der Waals surface area contributed by atoms with Gasteiger partial charge in [0.15, 0.2) is 5.11 Å². The standard InChI is InChI=1S/C11H9ClN4OS2/c1-6-15-16-11(19-6)14-10(18)13-9(17)7-2-4-8(12)5-3-7/h2-5H,1H3,(H2,13,14,16,17,18). The zero-order valence-electron chi connectivity index (χ0n) is 9.81. The molecule has 0 atom stereocenters. The van der Waals surface area contributed by atoms with Gasteiger partial charge in [0.05, 0.1) is 0 Å². The first-order valence-corrected chi connectivity index (χ1v) is 6.83. The first-order chi connectivity index (χ1) is 9.04. The van der Waals surface area contributed by atoms with Gasteiger partial charge in [-0.25, -0.2) is 0 Å². The van der Waals surface area contributed by atoms with Crippen molar-refractivity contribution < 1.29 is 4.79 Å². The Morgan fingerprint density at radius 2 is 2.00 bits per heavy atom. The third kappa shape index (κ3) is 3.95. The van der Waals surface area contributed by atoms with Gasteiger partial charge in [-0.2, -0.15) is 0 Å². The van der Waals surface area contributed by atoms with Crippen LogP contribution in [0.2, 0.25) is 5.02 Å². The van der Waals surface area contributed by atoms with E-state index in [4.69, 9.17) is 23.8 Å². The largest absolute Gasteiger partial charge is 0.307 e. The predicted molar refractivity (Wildman–Crippen MR) is 79.8 cm³/mol. The van der Waals surface area contributed by atoms with E-state index < -0.39 is 0 Å². The van der Waals surface area contributed by atoms with Crippen molar-refractivity contribution in [2.45, 2.75) is 6.92 Å². The first-order valence-electron chi connectivity index (χ1n) is 5.22. The number of nitrogens with zero attached hydrogens (tertiary/aromatic N) is 2. The lowest BCUT2D eigenvalue weighted by Crippen LogP contribution is -2.34. The van der Waals surface area contributed by atoms with Crippen molar-refractivity contribution in [3.8, 4) is 0 Å². The van der Waals surface area contributed by atoms with E-state index in [1.165, 1.54) is 11.3 Å². The number of benzene rings is 1. The molecule has 0 aliphatic carbocycles. The molecule has 2 N–H and O–H groups in total. The van der Waals surface area contributed by atoms with Crippen LogP contribution in [0.1, 0.15) is 15.4 Å². The molecule has 0 spiro atoms. The van der Waals surface area contributed by atoms with Crippen LogP contribution in [0.25, 0.3) is 0 Å². The molecule has 1 heterocycles. The highest BCUT2D eigenvalue weighted by molar-refractivity contribution is 7.80. The molecule has 2 rings (SSSR count). The molecule has 0 unspecified atom stereocenters. The van der Waals surface area contributed by atoms with E-state index in [2.05, 4.69) is 20.8 Å². The smallest absolute Gasteiger partial charge is 0.257 e. The fraction of sp³-hybridized carbons (Fsp3) is 0.0909. The number of amides is 1. The zero-order chi connectivity index (χ0) is 13.8. The normalized spacial score (nSPS) is 10.0. The van der Waals surface area contributed by atoms with Crippen molar-refractivity contribution in [1.82, 2.24) is 15.5 Å². The molecule has 0 aliphatic rings. The second-order valence-corrected chi connectivity index (χ2v) is 5.57. The third-order valence-corrected chi connectivity index (χ3v) is 3.29. The number of carbonyl (C=O) groups excluding carboxylic acids is 1. The maximum absolute atomic E-state index is 11.8. The van der Waals surface area contributed by atoms with E-state index in [1.807, 2.05) is 6.92 Å². The average molecular weight is 313 g/mol. The predicted octanol–water partition coefficient (Wildman–Crippen LogP) is 2.63. The zero-order valence-corrected chi connectivity index (χ0v) is 12.2. The summed E-state index contributed by atoms with van der Waals surface area (Å²) in [6.45, 7) is 1.83. The van der Waals surface area contributed by atoms with Gasteiger partial charge in [-0.15, -0.1) is 10.2 Å². The van der Waals surface area contributed by atoms with Gasteiger partial charge in [-0.05, 0) is 43.4 Å². The van der Waals surface area contributed by atoms with Crippen LogP contribution in [-0.4, -0.2) is 21.2 Å². The Labute approximate surface area is 124 Å². The van der Waals surface area contributed by atoms with Crippen molar-refractivity contribution in [2.24, 2.45) is 0 Å². The van der Waals surface area contributed by atoms with Gasteiger partial charge in [0, 0.05) is 10.6 Å². The van der Waals surface area contributed by atoms with Crippen molar-refractivity contribution in [3.05, 3.63) is 39.9 Å². The van der Waals surface area contributed by atoms with Gasteiger partial charge < -0.3 is 5.32 Å². The Bertz CT molecular complexity index is 611. The highest BCUT2D eigenvalue weighted by atomic mass is 35.5. The van der Waals surface area contributed by atoms with E-state index in [1.54, 1.807) is 24.3 Å². The Kier molecular flexibility index (Phi) is 4.41. The molecule has 8 heteroatoms. The summed E-state index contributed by atoms with van der Waals surface area (Å²) in [5.41, 5.74) is 0.474. The van der Waals surface area contributed by atoms with E-state index >= 15 is 0 Å². The molecule has 1 aromatic heterocycles. The van der Waals surface area contributed by atoms with Crippen LogP contribution in [0, 0.1) is 6.92 Å². The van der Waals surface area contributed by atoms with Crippen LogP contribution in [0.3, 0.4) is 0 Å². The number of hydrogen-bond donors (Lipinski definition) is 2. The van der Waals surface area contributed by atoms with Gasteiger partial charge in [-0.3, -0.25) is 10.1 Å². The van der Waals surface area contributed by atoms with Crippen LogP contribution in [0.4, 0.5) is 5.13 Å². The van der Waals surface area contributed by atoms with E-state index in [9.17, 15) is 4.79 Å². The summed E-state index contributed by atoms with van der Waals surface area (Å²) in [6, 6.07) is 6.52. The quantitative estimate of drug-likeness (QED) is 0.834. The van der Waals surface area contributed by atoms with Gasteiger partial charge in [-0.1, -0.05) is 22.9 Å². The summed E-state index contributed by atoms with van der Waals surface area (Å²) in [4.78, 5) is 11.8. The number of anilines is 1. The molecule has 0 aliphatic heterocycles. The van der Waals surface area contributed by atoms with E-state index in [0.717, 1.165) is 5.01 Å². The van der Waals surface area contributed by atoms with Crippen molar-refractivity contribution >= 4 is 51.3 Å². The molecule has 0 fully saturated rings. The Morgan fingerprint density at radius 1 is 1.32 bits per heavy atom. The second-order valence-electron chi connectivity index (χ2n) is 3.54. The Hall–Kier alpha value is -1.57. The number of aryl methyl sites for hydroxylation is 1. The number of hydrogen-bond acceptors (Lipinski definition) is 5. The van der Waals surface area contributed by atoms with Crippen LogP contribution < -0.4 is 10.6 Å². The first kappa shape index (κ1) is 13.9. The highest BCUT2D eigenvalue weighted by Gasteiger charge is 2.09. The highest BCUT2D eigenvalue weighted by Crippen LogP contribution is 2.13. The number of rotatable bonds is 2. The number of carbonyl (C=O) groups is 1. The Morgan fingerprint density at radius 3 is 2.58 bits per heavy atom. The molecular formula is C11H9ClN4OS2. The summed E-state index contributed by atoms with van der Waals surface area (Å²) in [7, 11) is 0. The van der Waals surface area contributed by atoms with Crippen LogP contribution >= 0.6 is 35.2 Å². The molecule has 0 radical (unpaired) electrons. The van der Waals surface area contributed by atoms with Gasteiger partial charge in [0.2, 0.25) is 5.13 Å². The summed E-state index contributed by atoms with van der Waals surface area (Å²) in [6.07, 6.45) is 0. The minimum absolute atomic E-state index is 0.177. The van der Waals surface area contributed by atoms with E-state index in [-0.39, 0.29) is 11.0 Å². The van der Waals surface area contributed by atoms with Gasteiger partial charge in [0.25, 0.3) is 5.91 Å². The molecule has 1 amide bonds. The monoisotopic (exact) mass is 312 g/mol. The molecular weight excluding hydrogens is 304 g/mol. The molecule has 2 aromatic rings. The fourth-order valence-corrected chi connectivity index (χ4v) is 2.23. The summed E-state index contributed by atoms with van der Waals surface area (Å²) in [5, 5.41) is 15.1. The molecule has 5 nitrogen and oxygen atoms in total.